The summed E-state index contributed by atoms with van der Waals surface area (Å²) in [6.45, 7) is 8.29. The van der Waals surface area contributed by atoms with Gasteiger partial charge in [0.1, 0.15) is 19.5 Å². The summed E-state index contributed by atoms with van der Waals surface area (Å²) >= 11 is 0. The van der Waals surface area contributed by atoms with Gasteiger partial charge in [0.05, 0.1) is 5.71 Å². The topological polar surface area (TPSA) is 49.3 Å². The van der Waals surface area contributed by atoms with Gasteiger partial charge in [0, 0.05) is 16.7 Å². The van der Waals surface area contributed by atoms with Gasteiger partial charge in [-0.2, -0.15) is 0 Å². The van der Waals surface area contributed by atoms with Crippen LogP contribution in [-0.2, 0) is 4.84 Å². The number of oxime groups is 1. The molecule has 0 spiro atoms. The van der Waals surface area contributed by atoms with Gasteiger partial charge >= 0.3 is 0 Å². The molecule has 0 saturated carbocycles. The fraction of sp³-hybridized carbons (Fsp3) is 0.286. The summed E-state index contributed by atoms with van der Waals surface area (Å²) < 4.78 is 5.68. The third kappa shape index (κ3) is 5.28. The predicted molar refractivity (Wildman–Crippen MR) is 103 cm³/mol. The summed E-state index contributed by atoms with van der Waals surface area (Å²) in [5.74, 6) is 2.07. The van der Waals surface area contributed by atoms with Crippen molar-refractivity contribution in [1.29, 1.82) is 0 Å². The van der Waals surface area contributed by atoms with E-state index >= 15 is 0 Å². The average molecular weight is 355 g/mol. The van der Waals surface area contributed by atoms with Crippen molar-refractivity contribution in [3.05, 3.63) is 65.2 Å². The molecule has 0 atom stereocenters. The summed E-state index contributed by atoms with van der Waals surface area (Å²) in [4.78, 5) is 15.9. The summed E-state index contributed by atoms with van der Waals surface area (Å²) in [6, 6.07) is 11.3. The lowest BCUT2D eigenvalue weighted by Gasteiger charge is -2.13. The first-order chi connectivity index (χ1) is 12.5. The van der Waals surface area contributed by atoms with Gasteiger partial charge in [0.2, 0.25) is 0 Å². The molecule has 0 aromatic heterocycles. The van der Waals surface area contributed by atoms with E-state index in [0.717, 1.165) is 28.2 Å². The monoisotopic (exact) mass is 355 g/mol. The number of hydrogen-bond acceptors (Lipinski definition) is 5. The zero-order valence-electron chi connectivity index (χ0n) is 15.9. The van der Waals surface area contributed by atoms with Crippen molar-refractivity contribution in [1.82, 2.24) is 0 Å². The Bertz CT molecular complexity index is 773. The first kappa shape index (κ1) is 19.4. The Hall–Kier alpha value is -2.95. The Morgan fingerprint density at radius 1 is 1.04 bits per heavy atom. The fourth-order valence-corrected chi connectivity index (χ4v) is 2.42. The van der Waals surface area contributed by atoms with Crippen molar-refractivity contribution in [3.8, 4) is 17.2 Å². The second-order valence-corrected chi connectivity index (χ2v) is 5.82. The highest BCUT2D eigenvalue weighted by Crippen LogP contribution is 2.29. The molecule has 2 aromatic carbocycles. The van der Waals surface area contributed by atoms with Crippen molar-refractivity contribution < 1.29 is 19.3 Å². The Kier molecular flexibility index (Phi) is 7.09. The summed E-state index contributed by atoms with van der Waals surface area (Å²) in [6.07, 6.45) is 3.91. The van der Waals surface area contributed by atoms with Gasteiger partial charge in [-0.05, 0) is 52.0 Å². The molecule has 0 fully saturated rings. The molecule has 5 heteroatoms. The van der Waals surface area contributed by atoms with Gasteiger partial charge in [-0.3, -0.25) is 9.78 Å². The fourth-order valence-electron chi connectivity index (χ4n) is 2.42. The van der Waals surface area contributed by atoms with Crippen LogP contribution in [0.2, 0.25) is 0 Å². The second kappa shape index (κ2) is 9.51. The number of ether oxygens (including phenoxy) is 1. The van der Waals surface area contributed by atoms with Gasteiger partial charge in [0.15, 0.2) is 11.5 Å². The van der Waals surface area contributed by atoms with Crippen molar-refractivity contribution in [3.63, 3.8) is 0 Å². The maximum absolute atomic E-state index is 5.68. The molecular weight excluding hydrogens is 330 g/mol. The standard InChI is InChI=1S/C21H25NO4/c1-6-7-11-24-20-12-15(2)21(16(3)13-20)26-25-19-10-8-9-18(14-19)17(4)22-23-5/h6-10,12-14H,11H2,1-5H3/b7-6+,22-17+. The number of rotatable bonds is 8. The highest BCUT2D eigenvalue weighted by atomic mass is 17.2. The Labute approximate surface area is 154 Å². The zero-order valence-corrected chi connectivity index (χ0v) is 15.9. The van der Waals surface area contributed by atoms with Crippen LogP contribution in [0.15, 0.2) is 53.7 Å². The summed E-state index contributed by atoms with van der Waals surface area (Å²) in [7, 11) is 1.52. The third-order valence-corrected chi connectivity index (χ3v) is 3.72. The smallest absolute Gasteiger partial charge is 0.184 e. The lowest BCUT2D eigenvalue weighted by atomic mass is 10.1. The Morgan fingerprint density at radius 3 is 2.42 bits per heavy atom. The third-order valence-electron chi connectivity index (χ3n) is 3.72. The van der Waals surface area contributed by atoms with Crippen molar-refractivity contribution in [2.75, 3.05) is 13.7 Å². The van der Waals surface area contributed by atoms with Crippen LogP contribution >= 0.6 is 0 Å². The molecule has 0 aliphatic carbocycles. The second-order valence-electron chi connectivity index (χ2n) is 5.82. The highest BCUT2D eigenvalue weighted by Gasteiger charge is 2.10. The number of benzene rings is 2. The van der Waals surface area contributed by atoms with Gasteiger partial charge < -0.3 is 9.57 Å². The molecule has 0 heterocycles. The molecule has 0 bridgehead atoms. The van der Waals surface area contributed by atoms with Crippen LogP contribution in [-0.4, -0.2) is 19.4 Å². The highest BCUT2D eigenvalue weighted by molar-refractivity contribution is 5.98. The van der Waals surface area contributed by atoms with Crippen LogP contribution in [0.1, 0.15) is 30.5 Å². The van der Waals surface area contributed by atoms with E-state index in [0.29, 0.717) is 18.1 Å². The van der Waals surface area contributed by atoms with Gasteiger partial charge in [-0.25, -0.2) is 0 Å². The quantitative estimate of drug-likeness (QED) is 0.289. The molecule has 2 rings (SSSR count). The van der Waals surface area contributed by atoms with Crippen LogP contribution < -0.4 is 14.5 Å². The zero-order chi connectivity index (χ0) is 18.9. The molecule has 0 saturated heterocycles. The van der Waals surface area contributed by atoms with E-state index in [1.54, 1.807) is 0 Å². The van der Waals surface area contributed by atoms with Crippen molar-refractivity contribution >= 4 is 5.71 Å². The van der Waals surface area contributed by atoms with E-state index in [4.69, 9.17) is 19.3 Å². The first-order valence-corrected chi connectivity index (χ1v) is 8.43. The van der Waals surface area contributed by atoms with Crippen molar-refractivity contribution in [2.45, 2.75) is 27.7 Å². The normalized spacial score (nSPS) is 11.5. The van der Waals surface area contributed by atoms with E-state index in [-0.39, 0.29) is 0 Å². The van der Waals surface area contributed by atoms with E-state index in [9.17, 15) is 0 Å². The van der Waals surface area contributed by atoms with E-state index in [1.807, 2.05) is 76.2 Å². The van der Waals surface area contributed by atoms with Crippen molar-refractivity contribution in [2.24, 2.45) is 5.16 Å². The Balaban J connectivity index is 2.10. The molecule has 5 nitrogen and oxygen atoms in total. The van der Waals surface area contributed by atoms with Crippen LogP contribution in [0.5, 0.6) is 17.2 Å². The molecule has 0 N–H and O–H groups in total. The lowest BCUT2D eigenvalue weighted by Crippen LogP contribution is -2.05. The van der Waals surface area contributed by atoms with E-state index in [2.05, 4.69) is 5.16 Å². The molecule has 2 aromatic rings. The molecule has 0 aliphatic rings. The minimum atomic E-state index is 0.543. The van der Waals surface area contributed by atoms with E-state index in [1.165, 1.54) is 7.11 Å². The minimum absolute atomic E-state index is 0.543. The maximum atomic E-state index is 5.68. The molecule has 0 amide bonds. The van der Waals surface area contributed by atoms with Gasteiger partial charge in [-0.1, -0.05) is 29.4 Å². The summed E-state index contributed by atoms with van der Waals surface area (Å²) in [5.41, 5.74) is 3.53. The SMILES string of the molecule is C/C=C/COc1cc(C)c(OOc2cccc(/C(C)=N/OC)c2)c(C)c1. The van der Waals surface area contributed by atoms with Crippen LogP contribution in [0.3, 0.4) is 0 Å². The lowest BCUT2D eigenvalue weighted by molar-refractivity contribution is -0.101. The number of nitrogens with zero attached hydrogens (tertiary/aromatic N) is 1. The molecule has 0 radical (unpaired) electrons. The average Bonchev–Trinajstić information content (AvgIpc) is 2.62. The molecule has 0 aliphatic heterocycles. The number of hydrogen-bond donors (Lipinski definition) is 0. The maximum Gasteiger partial charge on any atom is 0.184 e. The Morgan fingerprint density at radius 2 is 1.77 bits per heavy atom. The van der Waals surface area contributed by atoms with Gasteiger partial charge in [0.25, 0.3) is 0 Å². The summed E-state index contributed by atoms with van der Waals surface area (Å²) in [5, 5.41) is 3.92. The number of aryl methyl sites for hydroxylation is 2. The molecule has 0 unspecified atom stereocenters. The van der Waals surface area contributed by atoms with Crippen LogP contribution in [0, 0.1) is 13.8 Å². The molecule has 26 heavy (non-hydrogen) atoms. The van der Waals surface area contributed by atoms with E-state index < -0.39 is 0 Å². The predicted octanol–water partition coefficient (Wildman–Crippen LogP) is 5.00. The first-order valence-electron chi connectivity index (χ1n) is 8.43. The van der Waals surface area contributed by atoms with Gasteiger partial charge in [-0.15, -0.1) is 0 Å². The van der Waals surface area contributed by atoms with Crippen LogP contribution in [0.25, 0.3) is 0 Å². The minimum Gasteiger partial charge on any atom is -0.490 e. The molecular formula is C21H25NO4. The largest absolute Gasteiger partial charge is 0.490 e. The number of allylic oxidation sites excluding steroid dienone is 1. The van der Waals surface area contributed by atoms with Crippen LogP contribution in [0.4, 0.5) is 0 Å². The molecule has 138 valence electrons.